The average Bonchev–Trinajstić information content (AvgIpc) is 3.22. The first-order chi connectivity index (χ1) is 9.87. The molecule has 0 nitrogen and oxygen atoms in total. The van der Waals surface area contributed by atoms with E-state index in [-0.39, 0.29) is 0 Å². The molecule has 4 heteroatoms. The summed E-state index contributed by atoms with van der Waals surface area (Å²) < 4.78 is 3.53. The van der Waals surface area contributed by atoms with Gasteiger partial charge in [0.05, 0.1) is 8.47 Å². The third-order valence-electron chi connectivity index (χ3n) is 6.67. The van der Waals surface area contributed by atoms with Crippen LogP contribution in [0.2, 0.25) is 0 Å². The van der Waals surface area contributed by atoms with Gasteiger partial charge in [0.2, 0.25) is 0 Å². The van der Waals surface area contributed by atoms with Crippen molar-refractivity contribution in [3.8, 4) is 0 Å². The van der Waals surface area contributed by atoms with Crippen molar-refractivity contribution in [2.75, 3.05) is 0 Å². The van der Waals surface area contributed by atoms with Gasteiger partial charge >= 0.3 is 0 Å². The Bertz CT molecular complexity index is 417. The SMILES string of the molecule is C1C[C@H]2C[C@@H]1[C@H]1SC(=C3S[C@@H]4[C@@H]5CC[C@@H](C5)[C@@H]4S3)S[C@H]21. The lowest BCUT2D eigenvalue weighted by Gasteiger charge is -2.21. The Morgan fingerprint density at radius 3 is 1.10 bits per heavy atom. The van der Waals surface area contributed by atoms with Crippen LogP contribution in [0.5, 0.6) is 0 Å². The molecule has 0 N–H and O–H groups in total. The summed E-state index contributed by atoms with van der Waals surface area (Å²) in [7, 11) is 0. The fourth-order valence-electron chi connectivity index (χ4n) is 5.77. The van der Waals surface area contributed by atoms with Gasteiger partial charge in [-0.1, -0.05) is 0 Å². The zero-order valence-corrected chi connectivity index (χ0v) is 14.8. The topological polar surface area (TPSA) is 0 Å². The van der Waals surface area contributed by atoms with Gasteiger partial charge in [-0.2, -0.15) is 0 Å². The van der Waals surface area contributed by atoms with Crippen LogP contribution < -0.4 is 0 Å². The second kappa shape index (κ2) is 4.36. The van der Waals surface area contributed by atoms with E-state index in [2.05, 4.69) is 47.0 Å². The van der Waals surface area contributed by atoms with E-state index in [1.54, 1.807) is 21.3 Å². The monoisotopic (exact) mass is 340 g/mol. The molecule has 0 radical (unpaired) electrons. The summed E-state index contributed by atoms with van der Waals surface area (Å²) in [6, 6.07) is 0. The summed E-state index contributed by atoms with van der Waals surface area (Å²) in [6.07, 6.45) is 9.28. The Morgan fingerprint density at radius 2 is 0.800 bits per heavy atom. The molecule has 108 valence electrons. The fourth-order valence-corrected chi connectivity index (χ4v) is 13.9. The van der Waals surface area contributed by atoms with E-state index in [0.29, 0.717) is 0 Å². The van der Waals surface area contributed by atoms with Gasteiger partial charge in [-0.15, -0.1) is 47.0 Å². The predicted octanol–water partition coefficient (Wildman–Crippen LogP) is 5.41. The summed E-state index contributed by atoms with van der Waals surface area (Å²) >= 11 is 9.22. The molecule has 0 amide bonds. The summed E-state index contributed by atoms with van der Waals surface area (Å²) in [5, 5.41) is 4.00. The van der Waals surface area contributed by atoms with E-state index in [0.717, 1.165) is 44.7 Å². The second-order valence-corrected chi connectivity index (χ2v) is 12.8. The minimum atomic E-state index is 1.000. The van der Waals surface area contributed by atoms with E-state index in [9.17, 15) is 0 Å². The van der Waals surface area contributed by atoms with Crippen LogP contribution in [0.1, 0.15) is 38.5 Å². The van der Waals surface area contributed by atoms with Crippen LogP contribution in [-0.2, 0) is 0 Å². The molecule has 2 saturated heterocycles. The lowest BCUT2D eigenvalue weighted by Crippen LogP contribution is -2.22. The normalized spacial score (nSPS) is 62.4. The quantitative estimate of drug-likeness (QED) is 0.578. The van der Waals surface area contributed by atoms with Crippen LogP contribution in [0.4, 0.5) is 0 Å². The van der Waals surface area contributed by atoms with Gasteiger partial charge in [0.25, 0.3) is 0 Å². The van der Waals surface area contributed by atoms with Crippen LogP contribution in [-0.4, -0.2) is 21.0 Å². The first-order valence-electron chi connectivity index (χ1n) is 8.28. The van der Waals surface area contributed by atoms with Crippen LogP contribution >= 0.6 is 47.0 Å². The number of hydrogen-bond acceptors (Lipinski definition) is 4. The van der Waals surface area contributed by atoms with Crippen molar-refractivity contribution in [3.05, 3.63) is 8.47 Å². The van der Waals surface area contributed by atoms with Gasteiger partial charge in [0.1, 0.15) is 0 Å². The molecule has 4 aliphatic carbocycles. The third-order valence-corrected chi connectivity index (χ3v) is 14.2. The predicted molar refractivity (Wildman–Crippen MR) is 94.2 cm³/mol. The van der Waals surface area contributed by atoms with Crippen LogP contribution in [0.15, 0.2) is 8.47 Å². The second-order valence-electron chi connectivity index (χ2n) is 7.57. The largest absolute Gasteiger partial charge is 0.113 e. The standard InChI is InChI=1S/C16H20S4/c1-2-8-5-7(1)11-12(8)18-15(17-11)16-19-13-9-3-4-10(6-9)14(13)20-16/h7-14H,1-6H2/t7-,8+,9-,10+,11-,12-,13-,14+/m1/s1. The Morgan fingerprint density at radius 1 is 0.500 bits per heavy atom. The molecular weight excluding hydrogens is 320 g/mol. The zero-order chi connectivity index (χ0) is 12.8. The fraction of sp³-hybridized carbons (Fsp3) is 0.875. The average molecular weight is 341 g/mol. The number of rotatable bonds is 0. The van der Waals surface area contributed by atoms with E-state index in [1.807, 2.05) is 0 Å². The highest BCUT2D eigenvalue weighted by atomic mass is 32.2. The number of thioether (sulfide) groups is 4. The summed E-state index contributed by atoms with van der Waals surface area (Å²) in [5.41, 5.74) is 0. The molecule has 2 aliphatic heterocycles. The molecule has 4 bridgehead atoms. The Hall–Kier alpha value is 1.14. The van der Waals surface area contributed by atoms with E-state index < -0.39 is 0 Å². The van der Waals surface area contributed by atoms with Gasteiger partial charge in [-0.05, 0) is 62.2 Å². The highest BCUT2D eigenvalue weighted by Gasteiger charge is 2.56. The van der Waals surface area contributed by atoms with E-state index >= 15 is 0 Å². The Balaban J connectivity index is 1.29. The zero-order valence-electron chi connectivity index (χ0n) is 11.5. The molecule has 8 atom stereocenters. The summed E-state index contributed by atoms with van der Waals surface area (Å²) in [6.45, 7) is 0. The molecule has 0 spiro atoms. The van der Waals surface area contributed by atoms with Gasteiger partial charge < -0.3 is 0 Å². The molecule has 0 aromatic heterocycles. The molecule has 20 heavy (non-hydrogen) atoms. The van der Waals surface area contributed by atoms with Crippen molar-refractivity contribution in [1.82, 2.24) is 0 Å². The van der Waals surface area contributed by atoms with Gasteiger partial charge in [-0.3, -0.25) is 0 Å². The summed E-state index contributed by atoms with van der Waals surface area (Å²) in [5.74, 6) is 4.31. The number of hydrogen-bond donors (Lipinski definition) is 0. The molecule has 0 unspecified atom stereocenters. The lowest BCUT2D eigenvalue weighted by molar-refractivity contribution is 0.508. The molecule has 6 rings (SSSR count). The molecule has 6 aliphatic rings. The van der Waals surface area contributed by atoms with Gasteiger partial charge in [-0.25, -0.2) is 0 Å². The highest BCUT2D eigenvalue weighted by molar-refractivity contribution is 8.31. The Labute approximate surface area is 138 Å². The van der Waals surface area contributed by atoms with Crippen LogP contribution in [0.25, 0.3) is 0 Å². The third kappa shape index (κ3) is 1.58. The summed E-state index contributed by atoms with van der Waals surface area (Å²) in [4.78, 5) is 0. The molecule has 0 aromatic carbocycles. The van der Waals surface area contributed by atoms with Crippen LogP contribution in [0.3, 0.4) is 0 Å². The minimum absolute atomic E-state index is 1.000. The molecular formula is C16H20S4. The van der Waals surface area contributed by atoms with Crippen molar-refractivity contribution in [3.63, 3.8) is 0 Å². The lowest BCUT2D eigenvalue weighted by atomic mass is 10.00. The Kier molecular flexibility index (Phi) is 2.74. The van der Waals surface area contributed by atoms with E-state index in [4.69, 9.17) is 0 Å². The van der Waals surface area contributed by atoms with Crippen molar-refractivity contribution in [1.29, 1.82) is 0 Å². The molecule has 4 saturated carbocycles. The first-order valence-corrected chi connectivity index (χ1v) is 11.8. The highest BCUT2D eigenvalue weighted by Crippen LogP contribution is 2.69. The van der Waals surface area contributed by atoms with Crippen molar-refractivity contribution in [2.45, 2.75) is 59.5 Å². The molecule has 0 aromatic rings. The first kappa shape index (κ1) is 12.5. The van der Waals surface area contributed by atoms with Gasteiger partial charge in [0, 0.05) is 21.0 Å². The molecule has 6 fully saturated rings. The number of fused-ring (bicyclic) bond motifs is 10. The van der Waals surface area contributed by atoms with Crippen LogP contribution in [0, 0.1) is 23.7 Å². The van der Waals surface area contributed by atoms with Gasteiger partial charge in [0.15, 0.2) is 0 Å². The van der Waals surface area contributed by atoms with Crippen molar-refractivity contribution < 1.29 is 0 Å². The van der Waals surface area contributed by atoms with Crippen molar-refractivity contribution >= 4 is 47.0 Å². The maximum absolute atomic E-state index is 2.30. The maximum Gasteiger partial charge on any atom is 0.0609 e. The maximum atomic E-state index is 2.30. The smallest absolute Gasteiger partial charge is 0.0609 e. The van der Waals surface area contributed by atoms with E-state index in [1.165, 1.54) is 25.7 Å². The minimum Gasteiger partial charge on any atom is -0.113 e. The molecule has 2 heterocycles. The van der Waals surface area contributed by atoms with Crippen molar-refractivity contribution in [2.24, 2.45) is 23.7 Å².